The SMILES string of the molecule is CC(NC1CCCc2c1cnn2C)C(N)=O. The molecule has 88 valence electrons. The predicted molar refractivity (Wildman–Crippen MR) is 60.7 cm³/mol. The van der Waals surface area contributed by atoms with Crippen molar-refractivity contribution in [1.29, 1.82) is 0 Å². The Hall–Kier alpha value is -1.36. The van der Waals surface area contributed by atoms with E-state index in [9.17, 15) is 4.79 Å². The third-order valence-electron chi connectivity index (χ3n) is 3.25. The number of fused-ring (bicyclic) bond motifs is 1. The number of carbonyl (C=O) groups is 1. The van der Waals surface area contributed by atoms with E-state index in [1.165, 1.54) is 11.3 Å². The van der Waals surface area contributed by atoms with Gasteiger partial charge >= 0.3 is 0 Å². The Morgan fingerprint density at radius 2 is 2.50 bits per heavy atom. The van der Waals surface area contributed by atoms with Gasteiger partial charge in [-0.2, -0.15) is 5.10 Å². The molecule has 1 aliphatic carbocycles. The van der Waals surface area contributed by atoms with Crippen LogP contribution in [0.25, 0.3) is 0 Å². The maximum absolute atomic E-state index is 11.0. The Morgan fingerprint density at radius 1 is 1.75 bits per heavy atom. The van der Waals surface area contributed by atoms with Gasteiger partial charge in [-0.05, 0) is 26.2 Å². The summed E-state index contributed by atoms with van der Waals surface area (Å²) in [6.07, 6.45) is 5.11. The molecular formula is C11H18N4O. The second-order valence-electron chi connectivity index (χ2n) is 4.41. The van der Waals surface area contributed by atoms with Crippen LogP contribution >= 0.6 is 0 Å². The Balaban J connectivity index is 2.16. The monoisotopic (exact) mass is 222 g/mol. The van der Waals surface area contributed by atoms with Crippen molar-refractivity contribution in [2.24, 2.45) is 12.8 Å². The van der Waals surface area contributed by atoms with Crippen molar-refractivity contribution >= 4 is 5.91 Å². The lowest BCUT2D eigenvalue weighted by molar-refractivity contribution is -0.119. The zero-order valence-corrected chi connectivity index (χ0v) is 9.73. The molecule has 2 atom stereocenters. The number of aromatic nitrogens is 2. The number of nitrogens with one attached hydrogen (secondary N) is 1. The number of nitrogens with zero attached hydrogens (tertiary/aromatic N) is 2. The summed E-state index contributed by atoms with van der Waals surface area (Å²) in [4.78, 5) is 11.0. The van der Waals surface area contributed by atoms with Gasteiger partial charge in [0.15, 0.2) is 0 Å². The molecule has 0 fully saturated rings. The van der Waals surface area contributed by atoms with Gasteiger partial charge in [0.05, 0.1) is 12.2 Å². The number of primary amides is 1. The minimum atomic E-state index is -0.309. The second-order valence-corrected chi connectivity index (χ2v) is 4.41. The maximum Gasteiger partial charge on any atom is 0.234 e. The third kappa shape index (κ3) is 1.95. The fourth-order valence-corrected chi connectivity index (χ4v) is 2.26. The summed E-state index contributed by atoms with van der Waals surface area (Å²) in [7, 11) is 1.96. The molecule has 5 heteroatoms. The zero-order valence-electron chi connectivity index (χ0n) is 9.73. The molecule has 1 aliphatic rings. The van der Waals surface area contributed by atoms with Gasteiger partial charge in [0.25, 0.3) is 0 Å². The average Bonchev–Trinajstić information content (AvgIpc) is 2.62. The Labute approximate surface area is 95.0 Å². The van der Waals surface area contributed by atoms with E-state index in [-0.39, 0.29) is 18.0 Å². The van der Waals surface area contributed by atoms with Gasteiger partial charge in [-0.15, -0.1) is 0 Å². The van der Waals surface area contributed by atoms with Crippen LogP contribution in [0.1, 0.15) is 37.1 Å². The van der Waals surface area contributed by atoms with E-state index in [4.69, 9.17) is 5.73 Å². The Kier molecular flexibility index (Phi) is 2.96. The van der Waals surface area contributed by atoms with Gasteiger partial charge in [-0.25, -0.2) is 0 Å². The lowest BCUT2D eigenvalue weighted by atomic mass is 9.92. The van der Waals surface area contributed by atoms with E-state index in [0.717, 1.165) is 19.3 Å². The van der Waals surface area contributed by atoms with Crippen molar-refractivity contribution in [2.45, 2.75) is 38.3 Å². The number of rotatable bonds is 3. The van der Waals surface area contributed by atoms with Crippen LogP contribution in [0.4, 0.5) is 0 Å². The molecule has 0 aliphatic heterocycles. The van der Waals surface area contributed by atoms with Crippen LogP contribution in [0.3, 0.4) is 0 Å². The zero-order chi connectivity index (χ0) is 11.7. The Morgan fingerprint density at radius 3 is 3.19 bits per heavy atom. The normalized spacial score (nSPS) is 21.5. The molecule has 1 aromatic heterocycles. The summed E-state index contributed by atoms with van der Waals surface area (Å²) in [6, 6.07) is -0.0869. The van der Waals surface area contributed by atoms with Crippen molar-refractivity contribution < 1.29 is 4.79 Å². The molecule has 16 heavy (non-hydrogen) atoms. The van der Waals surface area contributed by atoms with Crippen LogP contribution in [0.15, 0.2) is 6.20 Å². The highest BCUT2D eigenvalue weighted by atomic mass is 16.1. The molecule has 0 bridgehead atoms. The van der Waals surface area contributed by atoms with Crippen LogP contribution < -0.4 is 11.1 Å². The van der Waals surface area contributed by atoms with Gasteiger partial charge < -0.3 is 5.73 Å². The number of hydrogen-bond acceptors (Lipinski definition) is 3. The van der Waals surface area contributed by atoms with Crippen LogP contribution in [0, 0.1) is 0 Å². The number of amides is 1. The average molecular weight is 222 g/mol. The molecule has 2 rings (SSSR count). The maximum atomic E-state index is 11.0. The van der Waals surface area contributed by atoms with E-state index in [0.29, 0.717) is 0 Å². The first-order chi connectivity index (χ1) is 7.59. The molecule has 0 spiro atoms. The van der Waals surface area contributed by atoms with Gasteiger partial charge in [0.2, 0.25) is 5.91 Å². The minimum absolute atomic E-state index is 0.208. The summed E-state index contributed by atoms with van der Waals surface area (Å²) >= 11 is 0. The molecule has 2 unspecified atom stereocenters. The molecule has 1 aromatic rings. The topological polar surface area (TPSA) is 72.9 Å². The highest BCUT2D eigenvalue weighted by molar-refractivity contribution is 5.79. The van der Waals surface area contributed by atoms with Crippen molar-refractivity contribution in [3.63, 3.8) is 0 Å². The highest BCUT2D eigenvalue weighted by Gasteiger charge is 2.25. The number of hydrogen-bond donors (Lipinski definition) is 2. The van der Waals surface area contributed by atoms with Crippen molar-refractivity contribution in [3.05, 3.63) is 17.5 Å². The van der Waals surface area contributed by atoms with Crippen LogP contribution in [0.5, 0.6) is 0 Å². The number of aryl methyl sites for hydroxylation is 1. The predicted octanol–water partition coefficient (Wildman–Crippen LogP) is 0.261. The first kappa shape index (κ1) is 11.1. The van der Waals surface area contributed by atoms with Gasteiger partial charge in [0, 0.05) is 24.3 Å². The summed E-state index contributed by atoms with van der Waals surface area (Å²) in [6.45, 7) is 1.80. The summed E-state index contributed by atoms with van der Waals surface area (Å²) in [5.74, 6) is -0.309. The first-order valence-corrected chi connectivity index (χ1v) is 5.65. The minimum Gasteiger partial charge on any atom is -0.368 e. The summed E-state index contributed by atoms with van der Waals surface area (Å²) in [5, 5.41) is 7.52. The summed E-state index contributed by atoms with van der Waals surface area (Å²) in [5.41, 5.74) is 7.73. The lowest BCUT2D eigenvalue weighted by Crippen LogP contribution is -2.41. The lowest BCUT2D eigenvalue weighted by Gasteiger charge is -2.25. The number of carbonyl (C=O) groups excluding carboxylic acids is 1. The molecule has 5 nitrogen and oxygen atoms in total. The molecule has 0 radical (unpaired) electrons. The fraction of sp³-hybridized carbons (Fsp3) is 0.636. The molecule has 3 N–H and O–H groups in total. The first-order valence-electron chi connectivity index (χ1n) is 5.65. The largest absolute Gasteiger partial charge is 0.368 e. The van der Waals surface area contributed by atoms with E-state index in [1.54, 1.807) is 6.92 Å². The number of nitrogens with two attached hydrogens (primary N) is 1. The molecule has 1 heterocycles. The molecule has 0 saturated carbocycles. The van der Waals surface area contributed by atoms with E-state index >= 15 is 0 Å². The third-order valence-corrected chi connectivity index (χ3v) is 3.25. The van der Waals surface area contributed by atoms with E-state index in [1.807, 2.05) is 17.9 Å². The molecule has 1 amide bonds. The van der Waals surface area contributed by atoms with Crippen LogP contribution in [0.2, 0.25) is 0 Å². The van der Waals surface area contributed by atoms with Crippen molar-refractivity contribution in [2.75, 3.05) is 0 Å². The summed E-state index contributed by atoms with van der Waals surface area (Å²) < 4.78 is 1.91. The Bertz CT molecular complexity index is 399. The molecule has 0 saturated heterocycles. The highest BCUT2D eigenvalue weighted by Crippen LogP contribution is 2.29. The van der Waals surface area contributed by atoms with Gasteiger partial charge in [-0.3, -0.25) is 14.8 Å². The smallest absolute Gasteiger partial charge is 0.234 e. The standard InChI is InChI=1S/C11H18N4O/c1-7(11(12)16)14-9-4-3-5-10-8(9)6-13-15(10)2/h6-7,9,14H,3-5H2,1-2H3,(H2,12,16). The van der Waals surface area contributed by atoms with E-state index < -0.39 is 0 Å². The van der Waals surface area contributed by atoms with Gasteiger partial charge in [-0.1, -0.05) is 0 Å². The molecule has 0 aromatic carbocycles. The van der Waals surface area contributed by atoms with Crippen LogP contribution in [-0.2, 0) is 18.3 Å². The second kappa shape index (κ2) is 4.25. The van der Waals surface area contributed by atoms with Crippen molar-refractivity contribution in [3.8, 4) is 0 Å². The van der Waals surface area contributed by atoms with Crippen LogP contribution in [-0.4, -0.2) is 21.7 Å². The van der Waals surface area contributed by atoms with Gasteiger partial charge in [0.1, 0.15) is 0 Å². The van der Waals surface area contributed by atoms with Crippen molar-refractivity contribution in [1.82, 2.24) is 15.1 Å². The van der Waals surface area contributed by atoms with E-state index in [2.05, 4.69) is 10.4 Å². The fourth-order valence-electron chi connectivity index (χ4n) is 2.26. The molecular weight excluding hydrogens is 204 g/mol. The quantitative estimate of drug-likeness (QED) is 0.770.